The number of sulfonamides is 1. The number of hydrogen-bond donors (Lipinski definition) is 1. The number of rotatable bonds is 8. The van der Waals surface area contributed by atoms with E-state index in [-0.39, 0.29) is 5.91 Å². The standard InChI is InChI=1S/C20H25ClN2O3S/c1-15-9-11-17(12-10-15)6-5-13-22-20(24)16(2)23(27(3,25)26)19-8-4-7-18(21)14-19/h4,7-12,14,16H,5-6,13H2,1-3H3,(H,22,24)/t16-/m0/s1. The van der Waals surface area contributed by atoms with Gasteiger partial charge in [0.05, 0.1) is 11.9 Å². The van der Waals surface area contributed by atoms with Gasteiger partial charge in [0.2, 0.25) is 15.9 Å². The molecule has 0 saturated heterocycles. The highest BCUT2D eigenvalue weighted by Gasteiger charge is 2.28. The molecule has 2 rings (SSSR count). The highest BCUT2D eigenvalue weighted by Crippen LogP contribution is 2.24. The number of halogens is 1. The van der Waals surface area contributed by atoms with E-state index in [0.717, 1.165) is 23.4 Å². The van der Waals surface area contributed by atoms with Gasteiger partial charge in [-0.25, -0.2) is 8.42 Å². The number of carbonyl (C=O) groups excluding carboxylic acids is 1. The summed E-state index contributed by atoms with van der Waals surface area (Å²) in [4.78, 5) is 12.5. The van der Waals surface area contributed by atoms with Crippen LogP contribution in [0.1, 0.15) is 24.5 Å². The summed E-state index contributed by atoms with van der Waals surface area (Å²) in [5.41, 5.74) is 2.79. The molecule has 0 aliphatic rings. The Bertz CT molecular complexity index is 882. The summed E-state index contributed by atoms with van der Waals surface area (Å²) in [6, 6.07) is 13.9. The lowest BCUT2D eigenvalue weighted by molar-refractivity contribution is -0.121. The molecule has 7 heteroatoms. The fraction of sp³-hybridized carbons (Fsp3) is 0.350. The molecule has 0 aliphatic carbocycles. The Hall–Kier alpha value is -2.05. The Balaban J connectivity index is 1.97. The van der Waals surface area contributed by atoms with Gasteiger partial charge in [-0.15, -0.1) is 0 Å². The number of amides is 1. The van der Waals surface area contributed by atoms with Gasteiger partial charge < -0.3 is 5.32 Å². The molecular weight excluding hydrogens is 384 g/mol. The van der Waals surface area contributed by atoms with E-state index >= 15 is 0 Å². The van der Waals surface area contributed by atoms with Gasteiger partial charge >= 0.3 is 0 Å². The maximum atomic E-state index is 12.5. The van der Waals surface area contributed by atoms with Crippen molar-refractivity contribution in [3.63, 3.8) is 0 Å². The van der Waals surface area contributed by atoms with Crippen LogP contribution >= 0.6 is 11.6 Å². The first kappa shape index (κ1) is 21.3. The summed E-state index contributed by atoms with van der Waals surface area (Å²) in [6.07, 6.45) is 2.70. The molecule has 0 aliphatic heterocycles. The van der Waals surface area contributed by atoms with Crippen molar-refractivity contribution >= 4 is 33.2 Å². The second-order valence-electron chi connectivity index (χ2n) is 6.59. The fourth-order valence-corrected chi connectivity index (χ4v) is 4.18. The van der Waals surface area contributed by atoms with Crippen molar-refractivity contribution < 1.29 is 13.2 Å². The molecular formula is C20H25ClN2O3S. The molecule has 1 N–H and O–H groups in total. The predicted octanol–water partition coefficient (Wildman–Crippen LogP) is 3.55. The van der Waals surface area contributed by atoms with Crippen LogP contribution in [-0.4, -0.2) is 33.2 Å². The van der Waals surface area contributed by atoms with Crippen molar-refractivity contribution in [1.82, 2.24) is 5.32 Å². The van der Waals surface area contributed by atoms with Crippen LogP contribution in [0.5, 0.6) is 0 Å². The van der Waals surface area contributed by atoms with E-state index in [1.54, 1.807) is 25.1 Å². The maximum absolute atomic E-state index is 12.5. The molecule has 0 unspecified atom stereocenters. The van der Waals surface area contributed by atoms with Gasteiger partial charge in [0, 0.05) is 11.6 Å². The van der Waals surface area contributed by atoms with Crippen molar-refractivity contribution in [3.8, 4) is 0 Å². The second-order valence-corrected chi connectivity index (χ2v) is 8.89. The number of nitrogens with zero attached hydrogens (tertiary/aromatic N) is 1. The Morgan fingerprint density at radius 1 is 1.19 bits per heavy atom. The fourth-order valence-electron chi connectivity index (χ4n) is 2.83. The molecule has 0 bridgehead atoms. The van der Waals surface area contributed by atoms with Gasteiger partial charge in [0.15, 0.2) is 0 Å². The van der Waals surface area contributed by atoms with E-state index in [1.165, 1.54) is 17.2 Å². The van der Waals surface area contributed by atoms with Gasteiger partial charge in [0.1, 0.15) is 6.04 Å². The first-order valence-corrected chi connectivity index (χ1v) is 11.0. The molecule has 5 nitrogen and oxygen atoms in total. The van der Waals surface area contributed by atoms with Crippen LogP contribution in [0, 0.1) is 6.92 Å². The molecule has 27 heavy (non-hydrogen) atoms. The predicted molar refractivity (Wildman–Crippen MR) is 111 cm³/mol. The van der Waals surface area contributed by atoms with Gasteiger partial charge in [-0.2, -0.15) is 0 Å². The molecule has 1 amide bonds. The molecule has 0 fully saturated rings. The summed E-state index contributed by atoms with van der Waals surface area (Å²) < 4.78 is 25.6. The minimum Gasteiger partial charge on any atom is -0.354 e. The van der Waals surface area contributed by atoms with E-state index in [9.17, 15) is 13.2 Å². The Morgan fingerprint density at radius 2 is 1.85 bits per heavy atom. The lowest BCUT2D eigenvalue weighted by atomic mass is 10.1. The number of hydrogen-bond acceptors (Lipinski definition) is 3. The van der Waals surface area contributed by atoms with Gasteiger partial charge in [-0.05, 0) is 50.5 Å². The largest absolute Gasteiger partial charge is 0.354 e. The zero-order chi connectivity index (χ0) is 20.0. The summed E-state index contributed by atoms with van der Waals surface area (Å²) >= 11 is 5.97. The number of anilines is 1. The minimum atomic E-state index is -3.64. The number of nitrogens with one attached hydrogen (secondary N) is 1. The molecule has 0 saturated carbocycles. The Labute approximate surface area is 166 Å². The molecule has 146 valence electrons. The van der Waals surface area contributed by atoms with Crippen LogP contribution in [0.15, 0.2) is 48.5 Å². The van der Waals surface area contributed by atoms with Crippen molar-refractivity contribution in [3.05, 3.63) is 64.7 Å². The van der Waals surface area contributed by atoms with E-state index in [1.807, 2.05) is 6.92 Å². The smallest absolute Gasteiger partial charge is 0.243 e. The first-order chi connectivity index (χ1) is 12.7. The number of aryl methyl sites for hydroxylation is 2. The quantitative estimate of drug-likeness (QED) is 0.679. The zero-order valence-corrected chi connectivity index (χ0v) is 17.3. The second kappa shape index (κ2) is 9.24. The van der Waals surface area contributed by atoms with Crippen LogP contribution in [0.4, 0.5) is 5.69 Å². The van der Waals surface area contributed by atoms with E-state index in [2.05, 4.69) is 29.6 Å². The third kappa shape index (κ3) is 6.26. The van der Waals surface area contributed by atoms with Gasteiger partial charge in [-0.3, -0.25) is 9.10 Å². The molecule has 2 aromatic rings. The molecule has 1 atom stereocenters. The first-order valence-electron chi connectivity index (χ1n) is 8.76. The Morgan fingerprint density at radius 3 is 2.44 bits per heavy atom. The summed E-state index contributed by atoms with van der Waals surface area (Å²) in [6.45, 7) is 4.08. The van der Waals surface area contributed by atoms with Gasteiger partial charge in [-0.1, -0.05) is 47.5 Å². The highest BCUT2D eigenvalue weighted by molar-refractivity contribution is 7.92. The average molecular weight is 409 g/mol. The van der Waals surface area contributed by atoms with Crippen molar-refractivity contribution in [1.29, 1.82) is 0 Å². The highest BCUT2D eigenvalue weighted by atomic mass is 35.5. The Kier molecular flexibility index (Phi) is 7.27. The third-order valence-corrected chi connectivity index (χ3v) is 5.69. The molecule has 0 aromatic heterocycles. The molecule has 2 aromatic carbocycles. The minimum absolute atomic E-state index is 0.343. The maximum Gasteiger partial charge on any atom is 0.243 e. The van der Waals surface area contributed by atoms with Gasteiger partial charge in [0.25, 0.3) is 0 Å². The molecule has 0 heterocycles. The third-order valence-electron chi connectivity index (χ3n) is 4.21. The monoisotopic (exact) mass is 408 g/mol. The van der Waals surface area contributed by atoms with E-state index < -0.39 is 16.1 Å². The van der Waals surface area contributed by atoms with Crippen LogP contribution in [-0.2, 0) is 21.2 Å². The summed E-state index contributed by atoms with van der Waals surface area (Å²) in [5, 5.41) is 3.23. The number of carbonyl (C=O) groups is 1. The van der Waals surface area contributed by atoms with Crippen LogP contribution in [0.2, 0.25) is 5.02 Å². The summed E-state index contributed by atoms with van der Waals surface area (Å²) in [7, 11) is -3.64. The number of benzene rings is 2. The topological polar surface area (TPSA) is 66.5 Å². The van der Waals surface area contributed by atoms with Crippen LogP contribution in [0.3, 0.4) is 0 Å². The summed E-state index contributed by atoms with van der Waals surface area (Å²) in [5.74, 6) is -0.343. The van der Waals surface area contributed by atoms with E-state index in [4.69, 9.17) is 11.6 Å². The van der Waals surface area contributed by atoms with Crippen molar-refractivity contribution in [2.75, 3.05) is 17.1 Å². The van der Waals surface area contributed by atoms with Crippen molar-refractivity contribution in [2.45, 2.75) is 32.7 Å². The normalized spacial score (nSPS) is 12.4. The zero-order valence-electron chi connectivity index (χ0n) is 15.8. The molecule has 0 spiro atoms. The lowest BCUT2D eigenvalue weighted by Gasteiger charge is -2.28. The van der Waals surface area contributed by atoms with Crippen LogP contribution < -0.4 is 9.62 Å². The SMILES string of the molecule is Cc1ccc(CCCNC(=O)[C@H](C)N(c2cccc(Cl)c2)S(C)(=O)=O)cc1. The molecule has 0 radical (unpaired) electrons. The van der Waals surface area contributed by atoms with E-state index in [0.29, 0.717) is 17.3 Å². The van der Waals surface area contributed by atoms with Crippen molar-refractivity contribution in [2.24, 2.45) is 0 Å². The average Bonchev–Trinajstić information content (AvgIpc) is 2.59. The lowest BCUT2D eigenvalue weighted by Crippen LogP contribution is -2.48. The van der Waals surface area contributed by atoms with Crippen LogP contribution in [0.25, 0.3) is 0 Å².